The molecule has 5 heteroatoms. The fraction of sp³-hybridized carbons (Fsp3) is 0.458. The van der Waals surface area contributed by atoms with E-state index in [1.54, 1.807) is 0 Å². The van der Waals surface area contributed by atoms with Crippen molar-refractivity contribution >= 4 is 11.6 Å². The average Bonchev–Trinajstić information content (AvgIpc) is 2.77. The third kappa shape index (κ3) is 8.26. The van der Waals surface area contributed by atoms with Crippen LogP contribution in [-0.4, -0.2) is 38.9 Å². The molecule has 0 amide bonds. The van der Waals surface area contributed by atoms with Gasteiger partial charge in [0.1, 0.15) is 0 Å². The Morgan fingerprint density at radius 2 is 1.83 bits per heavy atom. The first kappa shape index (κ1) is 21.3. The van der Waals surface area contributed by atoms with Crippen LogP contribution in [0.3, 0.4) is 0 Å². The van der Waals surface area contributed by atoms with Crippen molar-refractivity contribution in [2.45, 2.75) is 32.7 Å². The van der Waals surface area contributed by atoms with Gasteiger partial charge in [0.15, 0.2) is 5.96 Å². The molecule has 1 aliphatic heterocycles. The Labute approximate surface area is 174 Å². The summed E-state index contributed by atoms with van der Waals surface area (Å²) in [4.78, 5) is 4.75. The van der Waals surface area contributed by atoms with Crippen molar-refractivity contribution in [3.8, 4) is 0 Å². The van der Waals surface area contributed by atoms with Gasteiger partial charge in [-0.25, -0.2) is 4.99 Å². The lowest BCUT2D eigenvalue weighted by atomic mass is 10.0. The minimum atomic E-state index is 0.642. The minimum Gasteiger partial charge on any atom is -0.381 e. The molecule has 156 valence electrons. The van der Waals surface area contributed by atoms with Crippen molar-refractivity contribution in [1.82, 2.24) is 5.32 Å². The number of anilines is 1. The summed E-state index contributed by atoms with van der Waals surface area (Å²) in [7, 11) is 0. The van der Waals surface area contributed by atoms with Crippen LogP contribution >= 0.6 is 0 Å². The smallest absolute Gasteiger partial charge is 0.196 e. The van der Waals surface area contributed by atoms with E-state index in [4.69, 9.17) is 14.5 Å². The van der Waals surface area contributed by atoms with Gasteiger partial charge in [0.05, 0.1) is 6.54 Å². The zero-order valence-electron chi connectivity index (χ0n) is 17.4. The molecule has 2 aromatic carbocycles. The van der Waals surface area contributed by atoms with Crippen LogP contribution in [0.2, 0.25) is 0 Å². The zero-order chi connectivity index (χ0) is 20.2. The SMILES string of the molecule is Cc1ccc(CN=C(NCCCOCC2CCOCC2)Nc2ccccc2)cc1. The van der Waals surface area contributed by atoms with Crippen molar-refractivity contribution in [1.29, 1.82) is 0 Å². The van der Waals surface area contributed by atoms with Gasteiger partial charge in [-0.1, -0.05) is 48.0 Å². The summed E-state index contributed by atoms with van der Waals surface area (Å²) < 4.78 is 11.3. The first-order valence-electron chi connectivity index (χ1n) is 10.6. The number of hydrogen-bond donors (Lipinski definition) is 2. The van der Waals surface area contributed by atoms with Crippen LogP contribution in [0.25, 0.3) is 0 Å². The highest BCUT2D eigenvalue weighted by molar-refractivity contribution is 5.93. The van der Waals surface area contributed by atoms with E-state index >= 15 is 0 Å². The first-order chi connectivity index (χ1) is 14.3. The van der Waals surface area contributed by atoms with Crippen molar-refractivity contribution < 1.29 is 9.47 Å². The molecule has 5 nitrogen and oxygen atoms in total. The van der Waals surface area contributed by atoms with Gasteiger partial charge in [-0.05, 0) is 49.8 Å². The van der Waals surface area contributed by atoms with Gasteiger partial charge in [0.25, 0.3) is 0 Å². The molecule has 29 heavy (non-hydrogen) atoms. The van der Waals surface area contributed by atoms with Crippen molar-refractivity contribution in [3.05, 3.63) is 65.7 Å². The van der Waals surface area contributed by atoms with Crippen molar-refractivity contribution in [2.24, 2.45) is 10.9 Å². The fourth-order valence-corrected chi connectivity index (χ4v) is 3.21. The van der Waals surface area contributed by atoms with Crippen LogP contribution < -0.4 is 10.6 Å². The Kier molecular flexibility index (Phi) is 9.01. The minimum absolute atomic E-state index is 0.642. The molecular weight excluding hydrogens is 362 g/mol. The molecule has 0 atom stereocenters. The molecule has 0 aliphatic carbocycles. The van der Waals surface area contributed by atoms with Crippen LogP contribution in [0.5, 0.6) is 0 Å². The van der Waals surface area contributed by atoms with Gasteiger partial charge in [-0.15, -0.1) is 0 Å². The van der Waals surface area contributed by atoms with Crippen LogP contribution in [-0.2, 0) is 16.0 Å². The second kappa shape index (κ2) is 12.2. The maximum atomic E-state index is 5.86. The van der Waals surface area contributed by atoms with E-state index in [2.05, 4.69) is 41.8 Å². The largest absolute Gasteiger partial charge is 0.381 e. The number of nitrogens with zero attached hydrogens (tertiary/aromatic N) is 1. The molecule has 1 saturated heterocycles. The molecule has 3 rings (SSSR count). The van der Waals surface area contributed by atoms with E-state index in [1.807, 2.05) is 30.3 Å². The second-order valence-electron chi connectivity index (χ2n) is 7.55. The molecule has 0 unspecified atom stereocenters. The number of para-hydroxylation sites is 1. The van der Waals surface area contributed by atoms with E-state index in [0.29, 0.717) is 12.5 Å². The Balaban J connectivity index is 1.44. The Bertz CT molecular complexity index is 726. The quantitative estimate of drug-likeness (QED) is 0.376. The van der Waals surface area contributed by atoms with E-state index < -0.39 is 0 Å². The van der Waals surface area contributed by atoms with Gasteiger partial charge in [-0.2, -0.15) is 0 Å². The Morgan fingerprint density at radius 3 is 2.59 bits per heavy atom. The zero-order valence-corrected chi connectivity index (χ0v) is 17.4. The van der Waals surface area contributed by atoms with Crippen LogP contribution in [0.15, 0.2) is 59.6 Å². The Morgan fingerprint density at radius 1 is 1.07 bits per heavy atom. The molecule has 1 fully saturated rings. The molecule has 2 aromatic rings. The molecular formula is C24H33N3O2. The molecule has 1 heterocycles. The highest BCUT2D eigenvalue weighted by Crippen LogP contribution is 2.14. The molecule has 1 aliphatic rings. The molecule has 0 radical (unpaired) electrons. The molecule has 2 N–H and O–H groups in total. The lowest BCUT2D eigenvalue weighted by Crippen LogP contribution is -2.32. The summed E-state index contributed by atoms with van der Waals surface area (Å²) in [5, 5.41) is 6.81. The maximum absolute atomic E-state index is 5.86. The van der Waals surface area contributed by atoms with Gasteiger partial charge < -0.3 is 20.1 Å². The van der Waals surface area contributed by atoms with Gasteiger partial charge in [-0.3, -0.25) is 0 Å². The normalized spacial score (nSPS) is 15.3. The first-order valence-corrected chi connectivity index (χ1v) is 10.6. The number of nitrogens with one attached hydrogen (secondary N) is 2. The van der Waals surface area contributed by atoms with Gasteiger partial charge in [0, 0.05) is 38.7 Å². The summed E-state index contributed by atoms with van der Waals surface area (Å²) in [5.74, 6) is 1.45. The average molecular weight is 396 g/mol. The molecule has 0 aromatic heterocycles. The summed E-state index contributed by atoms with van der Waals surface area (Å²) in [5.41, 5.74) is 3.49. The van der Waals surface area contributed by atoms with Crippen LogP contribution in [0.1, 0.15) is 30.4 Å². The lowest BCUT2D eigenvalue weighted by Gasteiger charge is -2.21. The number of aryl methyl sites for hydroxylation is 1. The monoisotopic (exact) mass is 395 g/mol. The van der Waals surface area contributed by atoms with Crippen molar-refractivity contribution in [3.63, 3.8) is 0 Å². The molecule has 0 spiro atoms. The van der Waals surface area contributed by atoms with Crippen LogP contribution in [0.4, 0.5) is 5.69 Å². The predicted molar refractivity (Wildman–Crippen MR) is 119 cm³/mol. The van der Waals surface area contributed by atoms with Gasteiger partial charge >= 0.3 is 0 Å². The van der Waals surface area contributed by atoms with E-state index in [1.165, 1.54) is 11.1 Å². The van der Waals surface area contributed by atoms with Gasteiger partial charge in [0.2, 0.25) is 0 Å². The number of hydrogen-bond acceptors (Lipinski definition) is 3. The number of ether oxygens (including phenoxy) is 2. The maximum Gasteiger partial charge on any atom is 0.196 e. The summed E-state index contributed by atoms with van der Waals surface area (Å²) in [6.45, 7) is 6.92. The standard InChI is InChI=1S/C24H33N3O2/c1-20-8-10-21(11-9-20)18-26-24(27-23-6-3-2-4-7-23)25-14-5-15-29-19-22-12-16-28-17-13-22/h2-4,6-11,22H,5,12-19H2,1H3,(H2,25,26,27). The van der Waals surface area contributed by atoms with E-state index in [-0.39, 0.29) is 0 Å². The summed E-state index contributed by atoms with van der Waals surface area (Å²) >= 11 is 0. The van der Waals surface area contributed by atoms with E-state index in [9.17, 15) is 0 Å². The fourth-order valence-electron chi connectivity index (χ4n) is 3.21. The third-order valence-corrected chi connectivity index (χ3v) is 5.03. The summed E-state index contributed by atoms with van der Waals surface area (Å²) in [6, 6.07) is 18.6. The summed E-state index contributed by atoms with van der Waals surface area (Å²) in [6.07, 6.45) is 3.19. The number of guanidine groups is 1. The number of benzene rings is 2. The Hall–Kier alpha value is -2.37. The second-order valence-corrected chi connectivity index (χ2v) is 7.55. The predicted octanol–water partition coefficient (Wildman–Crippen LogP) is 4.39. The molecule has 0 saturated carbocycles. The highest BCUT2D eigenvalue weighted by atomic mass is 16.5. The van der Waals surface area contributed by atoms with Crippen molar-refractivity contribution in [2.75, 3.05) is 38.3 Å². The van der Waals surface area contributed by atoms with E-state index in [0.717, 1.165) is 63.9 Å². The third-order valence-electron chi connectivity index (χ3n) is 5.03. The lowest BCUT2D eigenvalue weighted by molar-refractivity contribution is 0.0203. The topological polar surface area (TPSA) is 54.9 Å². The molecule has 0 bridgehead atoms. The number of rotatable bonds is 9. The highest BCUT2D eigenvalue weighted by Gasteiger charge is 2.13. The number of aliphatic imine (C=N–C) groups is 1. The van der Waals surface area contributed by atoms with Crippen LogP contribution in [0, 0.1) is 12.8 Å².